The number of hydrogen-bond acceptors (Lipinski definition) is 4. The Morgan fingerprint density at radius 1 is 1.60 bits per heavy atom. The van der Waals surface area contributed by atoms with Gasteiger partial charge in [-0.05, 0) is 18.4 Å². The molecule has 2 heterocycles. The minimum absolute atomic E-state index is 0.0602. The number of terminal acetylenes is 1. The lowest BCUT2D eigenvalue weighted by atomic mass is 10.0. The van der Waals surface area contributed by atoms with Crippen molar-refractivity contribution in [3.05, 3.63) is 22.4 Å². The van der Waals surface area contributed by atoms with E-state index >= 15 is 0 Å². The van der Waals surface area contributed by atoms with Gasteiger partial charge in [0.15, 0.2) is 5.54 Å². The van der Waals surface area contributed by atoms with E-state index < -0.39 is 23.4 Å². The third-order valence-corrected chi connectivity index (χ3v) is 4.07. The van der Waals surface area contributed by atoms with Gasteiger partial charge in [-0.1, -0.05) is 12.0 Å². The lowest BCUT2D eigenvalue weighted by Crippen LogP contribution is -2.43. The number of hydrogen-bond donors (Lipinski definition) is 2. The summed E-state index contributed by atoms with van der Waals surface area (Å²) < 4.78 is 0. The summed E-state index contributed by atoms with van der Waals surface area (Å²) in [6, 6.07) is 2.99. The van der Waals surface area contributed by atoms with Crippen LogP contribution in [-0.2, 0) is 15.1 Å². The fourth-order valence-corrected chi connectivity index (χ4v) is 2.75. The first kappa shape index (κ1) is 14.1. The number of urea groups is 1. The summed E-state index contributed by atoms with van der Waals surface area (Å²) in [6.45, 7) is 1.34. The van der Waals surface area contributed by atoms with Gasteiger partial charge in [0.1, 0.15) is 6.54 Å². The van der Waals surface area contributed by atoms with Gasteiger partial charge in [-0.25, -0.2) is 4.79 Å². The van der Waals surface area contributed by atoms with Gasteiger partial charge in [0, 0.05) is 4.88 Å². The molecule has 1 atom stereocenters. The lowest BCUT2D eigenvalue weighted by molar-refractivity contribution is -0.134. The molecule has 1 saturated heterocycles. The van der Waals surface area contributed by atoms with Crippen molar-refractivity contribution in [3.8, 4) is 12.3 Å². The summed E-state index contributed by atoms with van der Waals surface area (Å²) in [5.74, 6) is 1.34. The van der Waals surface area contributed by atoms with Crippen LogP contribution in [0, 0.1) is 12.3 Å². The Morgan fingerprint density at radius 3 is 2.95 bits per heavy atom. The lowest BCUT2D eigenvalue weighted by Gasteiger charge is -2.19. The van der Waals surface area contributed by atoms with Crippen molar-refractivity contribution in [2.75, 3.05) is 13.1 Å². The third kappa shape index (κ3) is 2.38. The molecule has 104 valence electrons. The van der Waals surface area contributed by atoms with Gasteiger partial charge < -0.3 is 10.6 Å². The Balaban J connectivity index is 2.14. The van der Waals surface area contributed by atoms with Crippen LogP contribution in [-0.4, -0.2) is 35.8 Å². The van der Waals surface area contributed by atoms with E-state index in [1.54, 1.807) is 19.1 Å². The van der Waals surface area contributed by atoms with Gasteiger partial charge in [-0.3, -0.25) is 14.5 Å². The number of amides is 4. The van der Waals surface area contributed by atoms with Crippen LogP contribution in [0.3, 0.4) is 0 Å². The standard InChI is InChI=1S/C13H13N3O3S/c1-3-6-14-10(17)8-16-11(18)13(2,15-12(16)19)9-5-4-7-20-9/h1,4-5,7H,6,8H2,2H3,(H,14,17)(H,15,19). The maximum atomic E-state index is 12.4. The third-order valence-electron chi connectivity index (χ3n) is 2.98. The van der Waals surface area contributed by atoms with Gasteiger partial charge >= 0.3 is 6.03 Å². The van der Waals surface area contributed by atoms with E-state index in [4.69, 9.17) is 6.42 Å². The first-order valence-electron chi connectivity index (χ1n) is 5.87. The monoisotopic (exact) mass is 291 g/mol. The highest BCUT2D eigenvalue weighted by molar-refractivity contribution is 7.10. The second-order valence-electron chi connectivity index (χ2n) is 4.40. The molecule has 1 unspecified atom stereocenters. The van der Waals surface area contributed by atoms with Gasteiger partial charge in [-0.2, -0.15) is 0 Å². The van der Waals surface area contributed by atoms with Crippen LogP contribution in [0.5, 0.6) is 0 Å². The summed E-state index contributed by atoms with van der Waals surface area (Å²) in [5, 5.41) is 6.86. The van der Waals surface area contributed by atoms with Crippen molar-refractivity contribution in [1.29, 1.82) is 0 Å². The molecule has 20 heavy (non-hydrogen) atoms. The zero-order chi connectivity index (χ0) is 14.8. The van der Waals surface area contributed by atoms with Crippen LogP contribution in [0.1, 0.15) is 11.8 Å². The van der Waals surface area contributed by atoms with Crippen LogP contribution in [0.25, 0.3) is 0 Å². The average molecular weight is 291 g/mol. The van der Waals surface area contributed by atoms with Gasteiger partial charge in [0.25, 0.3) is 5.91 Å². The Labute approximate surface area is 120 Å². The van der Waals surface area contributed by atoms with E-state index in [0.717, 1.165) is 9.78 Å². The van der Waals surface area contributed by atoms with Crippen molar-refractivity contribution in [2.24, 2.45) is 0 Å². The maximum Gasteiger partial charge on any atom is 0.325 e. The molecule has 0 saturated carbocycles. The molecule has 4 amide bonds. The molecule has 7 heteroatoms. The van der Waals surface area contributed by atoms with Crippen molar-refractivity contribution >= 4 is 29.2 Å². The first-order valence-corrected chi connectivity index (χ1v) is 6.75. The summed E-state index contributed by atoms with van der Waals surface area (Å²) >= 11 is 1.37. The molecule has 1 aromatic heterocycles. The Kier molecular flexibility index (Phi) is 3.77. The fraction of sp³-hybridized carbons (Fsp3) is 0.308. The molecular weight excluding hydrogens is 278 g/mol. The molecule has 0 spiro atoms. The van der Waals surface area contributed by atoms with E-state index in [0.29, 0.717) is 0 Å². The highest BCUT2D eigenvalue weighted by Gasteiger charge is 2.50. The van der Waals surface area contributed by atoms with Crippen LogP contribution in [0.4, 0.5) is 4.79 Å². The Bertz CT molecular complexity index is 591. The normalized spacial score (nSPS) is 21.5. The largest absolute Gasteiger partial charge is 0.344 e. The van der Waals surface area contributed by atoms with E-state index in [2.05, 4.69) is 16.6 Å². The van der Waals surface area contributed by atoms with Crippen molar-refractivity contribution in [2.45, 2.75) is 12.5 Å². The average Bonchev–Trinajstić information content (AvgIpc) is 3.01. The second kappa shape index (κ2) is 5.35. The quantitative estimate of drug-likeness (QED) is 0.617. The van der Waals surface area contributed by atoms with Crippen molar-refractivity contribution in [3.63, 3.8) is 0 Å². The molecule has 6 nitrogen and oxygen atoms in total. The van der Waals surface area contributed by atoms with Gasteiger partial charge in [0.05, 0.1) is 6.54 Å². The van der Waals surface area contributed by atoms with Crippen molar-refractivity contribution in [1.82, 2.24) is 15.5 Å². The zero-order valence-corrected chi connectivity index (χ0v) is 11.6. The summed E-state index contributed by atoms with van der Waals surface area (Å²) in [6.07, 6.45) is 5.02. The predicted octanol–water partition coefficient (Wildman–Crippen LogP) is 0.265. The summed E-state index contributed by atoms with van der Waals surface area (Å²) in [4.78, 5) is 37.4. The predicted molar refractivity (Wildman–Crippen MR) is 73.8 cm³/mol. The van der Waals surface area contributed by atoms with E-state index in [-0.39, 0.29) is 13.1 Å². The van der Waals surface area contributed by atoms with Crippen LogP contribution in [0.2, 0.25) is 0 Å². The molecule has 0 radical (unpaired) electrons. The van der Waals surface area contributed by atoms with Crippen molar-refractivity contribution < 1.29 is 14.4 Å². The molecule has 0 aliphatic carbocycles. The molecule has 1 aliphatic heterocycles. The molecule has 1 fully saturated rings. The maximum absolute atomic E-state index is 12.4. The topological polar surface area (TPSA) is 78.5 Å². The minimum Gasteiger partial charge on any atom is -0.344 e. The first-order chi connectivity index (χ1) is 9.49. The van der Waals surface area contributed by atoms with E-state index in [1.807, 2.05) is 5.38 Å². The number of nitrogens with zero attached hydrogens (tertiary/aromatic N) is 1. The summed E-state index contributed by atoms with van der Waals surface area (Å²) in [7, 11) is 0. The van der Waals surface area contributed by atoms with E-state index in [9.17, 15) is 14.4 Å². The number of imide groups is 1. The zero-order valence-electron chi connectivity index (χ0n) is 10.8. The van der Waals surface area contributed by atoms with Crippen LogP contribution in [0.15, 0.2) is 17.5 Å². The number of nitrogens with one attached hydrogen (secondary N) is 2. The number of carbonyl (C=O) groups is 3. The van der Waals surface area contributed by atoms with Crippen LogP contribution < -0.4 is 10.6 Å². The minimum atomic E-state index is -1.11. The smallest absolute Gasteiger partial charge is 0.325 e. The fourth-order valence-electron chi connectivity index (χ4n) is 1.92. The number of thiophene rings is 1. The number of carbonyl (C=O) groups excluding carboxylic acids is 3. The second-order valence-corrected chi connectivity index (χ2v) is 5.35. The SMILES string of the molecule is C#CCNC(=O)CN1C(=O)NC(C)(c2cccs2)C1=O. The Hall–Kier alpha value is -2.33. The molecule has 1 aromatic rings. The molecule has 0 aromatic carbocycles. The highest BCUT2D eigenvalue weighted by Crippen LogP contribution is 2.31. The number of rotatable bonds is 4. The Morgan fingerprint density at radius 2 is 2.35 bits per heavy atom. The van der Waals surface area contributed by atoms with Gasteiger partial charge in [-0.15, -0.1) is 17.8 Å². The molecule has 2 N–H and O–H groups in total. The van der Waals surface area contributed by atoms with Crippen LogP contribution >= 0.6 is 11.3 Å². The molecule has 0 bridgehead atoms. The highest BCUT2D eigenvalue weighted by atomic mass is 32.1. The molecular formula is C13H13N3O3S. The van der Waals surface area contributed by atoms with E-state index in [1.165, 1.54) is 11.3 Å². The molecule has 2 rings (SSSR count). The summed E-state index contributed by atoms with van der Waals surface area (Å²) in [5.41, 5.74) is -1.11. The van der Waals surface area contributed by atoms with Gasteiger partial charge in [0.2, 0.25) is 5.91 Å². The molecule has 1 aliphatic rings.